The lowest BCUT2D eigenvalue weighted by Gasteiger charge is -2.12. The summed E-state index contributed by atoms with van der Waals surface area (Å²) in [6.45, 7) is 4.21. The van der Waals surface area contributed by atoms with Gasteiger partial charge in [-0.15, -0.1) is 11.6 Å². The molecule has 1 aliphatic heterocycles. The van der Waals surface area contributed by atoms with E-state index in [4.69, 9.17) is 16.3 Å². The Morgan fingerprint density at radius 1 is 1.53 bits per heavy atom. The average Bonchev–Trinajstić information content (AvgIpc) is 3.00. The molecule has 1 aromatic carbocycles. The zero-order chi connectivity index (χ0) is 13.4. The standard InChI is InChI=1S/C14H16ClFN2O/c1-9-4-13-12(5-11(9)16)17-14(6-15)18(13)7-10-2-3-19-8-10/h4-5,10H,2-3,6-8H2,1H3. The maximum Gasteiger partial charge on any atom is 0.128 e. The second kappa shape index (κ2) is 5.10. The number of hydrogen-bond donors (Lipinski definition) is 0. The van der Waals surface area contributed by atoms with Crippen molar-refractivity contribution < 1.29 is 9.13 Å². The fourth-order valence-electron chi connectivity index (χ4n) is 2.59. The van der Waals surface area contributed by atoms with Gasteiger partial charge in [0, 0.05) is 25.1 Å². The molecule has 1 unspecified atom stereocenters. The van der Waals surface area contributed by atoms with E-state index in [0.717, 1.165) is 37.5 Å². The van der Waals surface area contributed by atoms with Crippen molar-refractivity contribution in [3.05, 3.63) is 29.3 Å². The predicted octanol–water partition coefficient (Wildman–Crippen LogP) is 3.26. The third-order valence-electron chi connectivity index (χ3n) is 3.69. The molecule has 5 heteroatoms. The SMILES string of the molecule is Cc1cc2c(cc1F)nc(CCl)n2CC1CCOC1. The number of alkyl halides is 1. The van der Waals surface area contributed by atoms with Gasteiger partial charge in [0.2, 0.25) is 0 Å². The first kappa shape index (κ1) is 12.9. The highest BCUT2D eigenvalue weighted by Gasteiger charge is 2.20. The van der Waals surface area contributed by atoms with Gasteiger partial charge >= 0.3 is 0 Å². The molecule has 1 aromatic heterocycles. The maximum atomic E-state index is 13.6. The number of imidazole rings is 1. The summed E-state index contributed by atoms with van der Waals surface area (Å²) in [5.74, 6) is 1.41. The van der Waals surface area contributed by atoms with Crippen LogP contribution in [0.1, 0.15) is 17.8 Å². The van der Waals surface area contributed by atoms with Gasteiger partial charge in [-0.25, -0.2) is 9.37 Å². The van der Waals surface area contributed by atoms with E-state index in [9.17, 15) is 4.39 Å². The number of nitrogens with zero attached hydrogens (tertiary/aromatic N) is 2. The van der Waals surface area contributed by atoms with E-state index in [1.807, 2.05) is 6.07 Å². The van der Waals surface area contributed by atoms with Crippen molar-refractivity contribution in [1.82, 2.24) is 9.55 Å². The summed E-state index contributed by atoms with van der Waals surface area (Å²) < 4.78 is 21.1. The highest BCUT2D eigenvalue weighted by molar-refractivity contribution is 6.16. The number of aromatic nitrogens is 2. The quantitative estimate of drug-likeness (QED) is 0.808. The molecule has 0 radical (unpaired) electrons. The van der Waals surface area contributed by atoms with Crippen LogP contribution in [0.25, 0.3) is 11.0 Å². The van der Waals surface area contributed by atoms with Gasteiger partial charge in [0.25, 0.3) is 0 Å². The molecular weight excluding hydrogens is 267 g/mol. The molecule has 3 rings (SSSR count). The maximum absolute atomic E-state index is 13.6. The van der Waals surface area contributed by atoms with Gasteiger partial charge in [-0.1, -0.05) is 0 Å². The largest absolute Gasteiger partial charge is 0.381 e. The van der Waals surface area contributed by atoms with Crippen molar-refractivity contribution in [2.45, 2.75) is 25.8 Å². The molecule has 0 amide bonds. The minimum absolute atomic E-state index is 0.220. The van der Waals surface area contributed by atoms with E-state index < -0.39 is 0 Å². The van der Waals surface area contributed by atoms with Gasteiger partial charge in [-0.3, -0.25) is 0 Å². The Balaban J connectivity index is 2.06. The van der Waals surface area contributed by atoms with Crippen LogP contribution in [-0.2, 0) is 17.2 Å². The van der Waals surface area contributed by atoms with Crippen molar-refractivity contribution in [1.29, 1.82) is 0 Å². The molecule has 1 atom stereocenters. The van der Waals surface area contributed by atoms with Crippen molar-refractivity contribution in [2.24, 2.45) is 5.92 Å². The first-order valence-corrected chi connectivity index (χ1v) is 7.01. The lowest BCUT2D eigenvalue weighted by atomic mass is 10.1. The first-order valence-electron chi connectivity index (χ1n) is 6.48. The Morgan fingerprint density at radius 3 is 3.05 bits per heavy atom. The number of hydrogen-bond acceptors (Lipinski definition) is 2. The van der Waals surface area contributed by atoms with Gasteiger partial charge in [0.15, 0.2) is 0 Å². The molecule has 3 nitrogen and oxygen atoms in total. The molecule has 102 valence electrons. The smallest absolute Gasteiger partial charge is 0.128 e. The number of benzene rings is 1. The highest BCUT2D eigenvalue weighted by Crippen LogP contribution is 2.24. The van der Waals surface area contributed by atoms with Gasteiger partial charge < -0.3 is 9.30 Å². The third kappa shape index (κ3) is 2.35. The monoisotopic (exact) mass is 282 g/mol. The summed E-state index contributed by atoms with van der Waals surface area (Å²) >= 11 is 5.96. The number of ether oxygens (including phenoxy) is 1. The fraction of sp³-hybridized carbons (Fsp3) is 0.500. The molecule has 19 heavy (non-hydrogen) atoms. The van der Waals surface area contributed by atoms with Crippen LogP contribution in [0.4, 0.5) is 4.39 Å². The number of aryl methyl sites for hydroxylation is 1. The Hall–Kier alpha value is -1.13. The van der Waals surface area contributed by atoms with Crippen molar-refractivity contribution in [3.63, 3.8) is 0 Å². The summed E-state index contributed by atoms with van der Waals surface area (Å²) in [4.78, 5) is 4.43. The molecule has 0 spiro atoms. The summed E-state index contributed by atoms with van der Waals surface area (Å²) in [6.07, 6.45) is 1.06. The highest BCUT2D eigenvalue weighted by atomic mass is 35.5. The molecular formula is C14H16ClFN2O. The van der Waals surface area contributed by atoms with Crippen molar-refractivity contribution >= 4 is 22.6 Å². The van der Waals surface area contributed by atoms with E-state index >= 15 is 0 Å². The van der Waals surface area contributed by atoms with Crippen LogP contribution in [0, 0.1) is 18.7 Å². The minimum atomic E-state index is -0.220. The van der Waals surface area contributed by atoms with Crippen molar-refractivity contribution in [2.75, 3.05) is 13.2 Å². The lowest BCUT2D eigenvalue weighted by molar-refractivity contribution is 0.182. The normalized spacial score (nSPS) is 19.4. The summed E-state index contributed by atoms with van der Waals surface area (Å²) in [5.41, 5.74) is 2.27. The van der Waals surface area contributed by atoms with Crippen LogP contribution in [0.5, 0.6) is 0 Å². The van der Waals surface area contributed by atoms with Crippen LogP contribution in [0.15, 0.2) is 12.1 Å². The van der Waals surface area contributed by atoms with E-state index in [1.54, 1.807) is 6.92 Å². The first-order chi connectivity index (χ1) is 9.19. The van der Waals surface area contributed by atoms with Gasteiger partial charge in [-0.2, -0.15) is 0 Å². The topological polar surface area (TPSA) is 27.1 Å². The Labute approximate surface area is 116 Å². The Bertz CT molecular complexity index is 605. The molecule has 0 saturated carbocycles. The van der Waals surface area contributed by atoms with E-state index in [0.29, 0.717) is 22.9 Å². The van der Waals surface area contributed by atoms with E-state index in [1.165, 1.54) is 6.07 Å². The zero-order valence-corrected chi connectivity index (χ0v) is 11.6. The predicted molar refractivity (Wildman–Crippen MR) is 72.9 cm³/mol. The summed E-state index contributed by atoms with van der Waals surface area (Å²) in [5, 5.41) is 0. The summed E-state index contributed by atoms with van der Waals surface area (Å²) in [6, 6.07) is 3.34. The van der Waals surface area contributed by atoms with Crippen LogP contribution in [0.3, 0.4) is 0 Å². The van der Waals surface area contributed by atoms with Crippen LogP contribution in [-0.4, -0.2) is 22.8 Å². The van der Waals surface area contributed by atoms with E-state index in [2.05, 4.69) is 9.55 Å². The van der Waals surface area contributed by atoms with E-state index in [-0.39, 0.29) is 5.82 Å². The second-order valence-corrected chi connectivity index (χ2v) is 5.36. The van der Waals surface area contributed by atoms with Crippen LogP contribution in [0.2, 0.25) is 0 Å². The zero-order valence-electron chi connectivity index (χ0n) is 10.8. The number of fused-ring (bicyclic) bond motifs is 1. The van der Waals surface area contributed by atoms with Crippen LogP contribution < -0.4 is 0 Å². The average molecular weight is 283 g/mol. The number of rotatable bonds is 3. The molecule has 1 saturated heterocycles. The molecule has 1 aliphatic rings. The fourth-order valence-corrected chi connectivity index (χ4v) is 2.80. The Kier molecular flexibility index (Phi) is 3.46. The lowest BCUT2D eigenvalue weighted by Crippen LogP contribution is -2.12. The summed E-state index contributed by atoms with van der Waals surface area (Å²) in [7, 11) is 0. The number of halogens is 2. The Morgan fingerprint density at radius 2 is 2.37 bits per heavy atom. The molecule has 2 aromatic rings. The van der Waals surface area contributed by atoms with Crippen LogP contribution >= 0.6 is 11.6 Å². The van der Waals surface area contributed by atoms with Gasteiger partial charge in [-0.05, 0) is 25.0 Å². The second-order valence-electron chi connectivity index (χ2n) is 5.09. The van der Waals surface area contributed by atoms with Gasteiger partial charge in [0.05, 0.1) is 23.5 Å². The molecule has 2 heterocycles. The van der Waals surface area contributed by atoms with Crippen molar-refractivity contribution in [3.8, 4) is 0 Å². The van der Waals surface area contributed by atoms with Gasteiger partial charge in [0.1, 0.15) is 11.6 Å². The molecule has 1 fully saturated rings. The third-order valence-corrected chi connectivity index (χ3v) is 3.93. The molecule has 0 N–H and O–H groups in total. The minimum Gasteiger partial charge on any atom is -0.381 e. The molecule has 0 bridgehead atoms. The molecule has 0 aliphatic carbocycles.